The monoisotopic (exact) mass is 289 g/mol. The number of oxime groups is 1. The number of nitrogens with zero attached hydrogens (tertiary/aromatic N) is 2. The lowest BCUT2D eigenvalue weighted by Crippen LogP contribution is -2.37. The minimum absolute atomic E-state index is 0.0595. The van der Waals surface area contributed by atoms with Crippen molar-refractivity contribution in [1.82, 2.24) is 0 Å². The van der Waals surface area contributed by atoms with Crippen LogP contribution in [0.2, 0.25) is 0 Å². The van der Waals surface area contributed by atoms with E-state index in [0.29, 0.717) is 32.0 Å². The number of hydrogen-bond acceptors (Lipinski definition) is 4. The summed E-state index contributed by atoms with van der Waals surface area (Å²) >= 11 is 0. The van der Waals surface area contributed by atoms with Gasteiger partial charge in [-0.1, -0.05) is 5.16 Å². The summed E-state index contributed by atoms with van der Waals surface area (Å²) in [5, 5.41) is 11.5. The molecule has 0 bridgehead atoms. The molecule has 110 valence electrons. The van der Waals surface area contributed by atoms with Gasteiger partial charge in [0.2, 0.25) is 0 Å². The highest BCUT2D eigenvalue weighted by atomic mass is 19.4. The SMILES string of the molecule is N/C(=N\O)c1cc(C(F)(F)F)ccc1N1CCOCC1. The van der Waals surface area contributed by atoms with Gasteiger partial charge in [0.25, 0.3) is 0 Å². The van der Waals surface area contributed by atoms with Crippen LogP contribution in [0, 0.1) is 0 Å². The van der Waals surface area contributed by atoms with Crippen molar-refractivity contribution in [2.45, 2.75) is 6.18 Å². The van der Waals surface area contributed by atoms with Crippen LogP contribution in [0.1, 0.15) is 11.1 Å². The predicted octanol–water partition coefficient (Wildman–Crippen LogP) is 1.64. The normalized spacial score (nSPS) is 17.4. The molecule has 1 aliphatic heterocycles. The van der Waals surface area contributed by atoms with Gasteiger partial charge in [-0.3, -0.25) is 0 Å². The van der Waals surface area contributed by atoms with Gasteiger partial charge in [0.15, 0.2) is 5.84 Å². The molecule has 0 saturated carbocycles. The van der Waals surface area contributed by atoms with Crippen LogP contribution in [-0.2, 0) is 10.9 Å². The highest BCUT2D eigenvalue weighted by Crippen LogP contribution is 2.33. The second-order valence-electron chi connectivity index (χ2n) is 4.31. The van der Waals surface area contributed by atoms with E-state index < -0.39 is 11.7 Å². The van der Waals surface area contributed by atoms with Crippen molar-refractivity contribution in [2.75, 3.05) is 31.2 Å². The fraction of sp³-hybridized carbons (Fsp3) is 0.417. The van der Waals surface area contributed by atoms with Crippen LogP contribution in [-0.4, -0.2) is 37.3 Å². The van der Waals surface area contributed by atoms with E-state index >= 15 is 0 Å². The summed E-state index contributed by atoms with van der Waals surface area (Å²) < 4.78 is 43.4. The maximum absolute atomic E-state index is 12.7. The average molecular weight is 289 g/mol. The average Bonchev–Trinajstić information content (AvgIpc) is 2.45. The molecule has 1 aromatic rings. The van der Waals surface area contributed by atoms with E-state index in [1.54, 1.807) is 0 Å². The molecule has 0 atom stereocenters. The molecule has 0 aliphatic carbocycles. The van der Waals surface area contributed by atoms with Gasteiger partial charge in [-0.05, 0) is 18.2 Å². The number of morpholine rings is 1. The molecule has 2 rings (SSSR count). The maximum atomic E-state index is 12.7. The smallest absolute Gasteiger partial charge is 0.409 e. The van der Waals surface area contributed by atoms with Gasteiger partial charge in [0.1, 0.15) is 0 Å². The lowest BCUT2D eigenvalue weighted by molar-refractivity contribution is -0.137. The second-order valence-corrected chi connectivity index (χ2v) is 4.31. The quantitative estimate of drug-likeness (QED) is 0.376. The van der Waals surface area contributed by atoms with E-state index in [0.717, 1.165) is 12.1 Å². The van der Waals surface area contributed by atoms with Gasteiger partial charge in [0, 0.05) is 24.3 Å². The number of anilines is 1. The summed E-state index contributed by atoms with van der Waals surface area (Å²) in [5.41, 5.74) is 5.21. The first kappa shape index (κ1) is 14.4. The molecule has 1 aliphatic rings. The summed E-state index contributed by atoms with van der Waals surface area (Å²) in [6, 6.07) is 3.21. The first-order valence-electron chi connectivity index (χ1n) is 5.95. The Balaban J connectivity index is 2.45. The standard InChI is InChI=1S/C12H14F3N3O2/c13-12(14,15)8-1-2-10(9(7-8)11(16)17-19)18-3-5-20-6-4-18/h1-2,7,19H,3-6H2,(H2,16,17). The largest absolute Gasteiger partial charge is 0.416 e. The first-order valence-corrected chi connectivity index (χ1v) is 5.95. The van der Waals surface area contributed by atoms with Crippen LogP contribution in [0.25, 0.3) is 0 Å². The molecule has 0 amide bonds. The fourth-order valence-corrected chi connectivity index (χ4v) is 2.05. The van der Waals surface area contributed by atoms with Gasteiger partial charge in [0.05, 0.1) is 18.8 Å². The van der Waals surface area contributed by atoms with E-state index in [-0.39, 0.29) is 11.4 Å². The van der Waals surface area contributed by atoms with Crippen molar-refractivity contribution in [3.8, 4) is 0 Å². The zero-order valence-corrected chi connectivity index (χ0v) is 10.5. The Morgan fingerprint density at radius 3 is 2.50 bits per heavy atom. The Hall–Kier alpha value is -1.96. The first-order chi connectivity index (χ1) is 9.43. The van der Waals surface area contributed by atoms with Crippen molar-refractivity contribution < 1.29 is 23.1 Å². The lowest BCUT2D eigenvalue weighted by Gasteiger charge is -2.30. The van der Waals surface area contributed by atoms with Crippen molar-refractivity contribution in [3.05, 3.63) is 29.3 Å². The molecule has 5 nitrogen and oxygen atoms in total. The molecule has 0 radical (unpaired) electrons. The van der Waals surface area contributed by atoms with Crippen LogP contribution in [0.3, 0.4) is 0 Å². The van der Waals surface area contributed by atoms with E-state index in [1.807, 2.05) is 4.90 Å². The number of amidine groups is 1. The zero-order valence-electron chi connectivity index (χ0n) is 10.5. The summed E-state index contributed by atoms with van der Waals surface area (Å²) in [6.07, 6.45) is -4.48. The number of halogens is 3. The maximum Gasteiger partial charge on any atom is 0.416 e. The molecule has 1 heterocycles. The molecule has 1 fully saturated rings. The van der Waals surface area contributed by atoms with Crippen LogP contribution in [0.5, 0.6) is 0 Å². The van der Waals surface area contributed by atoms with Crippen LogP contribution < -0.4 is 10.6 Å². The van der Waals surface area contributed by atoms with Gasteiger partial charge in [-0.25, -0.2) is 0 Å². The van der Waals surface area contributed by atoms with Crippen molar-refractivity contribution in [1.29, 1.82) is 0 Å². The van der Waals surface area contributed by atoms with E-state index in [9.17, 15) is 13.2 Å². The fourth-order valence-electron chi connectivity index (χ4n) is 2.05. The van der Waals surface area contributed by atoms with Gasteiger partial charge in [-0.15, -0.1) is 0 Å². The molecule has 8 heteroatoms. The highest BCUT2D eigenvalue weighted by molar-refractivity contribution is 6.02. The van der Waals surface area contributed by atoms with E-state index in [2.05, 4.69) is 5.16 Å². The molecule has 0 aromatic heterocycles. The van der Waals surface area contributed by atoms with Crippen LogP contribution in [0.4, 0.5) is 18.9 Å². The number of nitrogens with two attached hydrogens (primary N) is 1. The number of alkyl halides is 3. The van der Waals surface area contributed by atoms with Crippen LogP contribution >= 0.6 is 0 Å². The molecular weight excluding hydrogens is 275 g/mol. The summed E-state index contributed by atoms with van der Waals surface area (Å²) in [4.78, 5) is 1.84. The summed E-state index contributed by atoms with van der Waals surface area (Å²) in [5.74, 6) is -0.349. The van der Waals surface area contributed by atoms with Crippen molar-refractivity contribution >= 4 is 11.5 Å². The van der Waals surface area contributed by atoms with Crippen LogP contribution in [0.15, 0.2) is 23.4 Å². The number of benzene rings is 1. The Labute approximate surface area is 113 Å². The molecule has 0 unspecified atom stereocenters. The van der Waals surface area contributed by atoms with Crippen molar-refractivity contribution in [2.24, 2.45) is 10.9 Å². The highest BCUT2D eigenvalue weighted by Gasteiger charge is 2.32. The Kier molecular flexibility index (Phi) is 4.03. The van der Waals surface area contributed by atoms with Gasteiger partial charge < -0.3 is 20.6 Å². The third-order valence-electron chi connectivity index (χ3n) is 3.06. The third-order valence-corrected chi connectivity index (χ3v) is 3.06. The Morgan fingerprint density at radius 1 is 1.30 bits per heavy atom. The molecule has 20 heavy (non-hydrogen) atoms. The molecule has 0 spiro atoms. The minimum atomic E-state index is -4.48. The van der Waals surface area contributed by atoms with Gasteiger partial charge in [-0.2, -0.15) is 13.2 Å². The topological polar surface area (TPSA) is 71.1 Å². The van der Waals surface area contributed by atoms with E-state index in [1.165, 1.54) is 6.07 Å². The Bertz CT molecular complexity index is 511. The Morgan fingerprint density at radius 2 is 1.95 bits per heavy atom. The molecular formula is C12H14F3N3O2. The molecule has 1 saturated heterocycles. The zero-order chi connectivity index (χ0) is 14.8. The van der Waals surface area contributed by atoms with Crippen molar-refractivity contribution in [3.63, 3.8) is 0 Å². The molecule has 1 aromatic carbocycles. The van der Waals surface area contributed by atoms with E-state index in [4.69, 9.17) is 15.7 Å². The lowest BCUT2D eigenvalue weighted by atomic mass is 10.1. The number of ether oxygens (including phenoxy) is 1. The molecule has 3 N–H and O–H groups in total. The summed E-state index contributed by atoms with van der Waals surface area (Å²) in [7, 11) is 0. The third kappa shape index (κ3) is 2.96. The number of hydrogen-bond donors (Lipinski definition) is 2. The summed E-state index contributed by atoms with van der Waals surface area (Å²) in [6.45, 7) is 2.04. The number of rotatable bonds is 2. The predicted molar refractivity (Wildman–Crippen MR) is 67.0 cm³/mol. The van der Waals surface area contributed by atoms with Gasteiger partial charge >= 0.3 is 6.18 Å². The second kappa shape index (κ2) is 5.58. The minimum Gasteiger partial charge on any atom is -0.409 e.